The van der Waals surface area contributed by atoms with Crippen LogP contribution in [0, 0.1) is 41.4 Å². The number of H-pyrrole nitrogens is 1. The minimum Gasteiger partial charge on any atom is -0.508 e. The van der Waals surface area contributed by atoms with Gasteiger partial charge in [0.05, 0.1) is 42.2 Å². The molecule has 1 aromatic heterocycles. The number of carbonyl (C=O) groups is 20. The Morgan fingerprint density at radius 3 is 1.65 bits per heavy atom. The van der Waals surface area contributed by atoms with E-state index in [1.807, 2.05) is 0 Å². The highest BCUT2D eigenvalue weighted by molar-refractivity contribution is 6.41. The van der Waals surface area contributed by atoms with Gasteiger partial charge < -0.3 is 106 Å². The van der Waals surface area contributed by atoms with Crippen LogP contribution in [-0.2, 0) is 115 Å². The number of aliphatic carboxylic acids is 1. The van der Waals surface area contributed by atoms with Crippen LogP contribution in [0.5, 0.6) is 5.75 Å². The number of rotatable bonds is 39. The predicted octanol–water partition coefficient (Wildman–Crippen LogP) is -1.33. The molecule has 0 bridgehead atoms. The van der Waals surface area contributed by atoms with Crippen molar-refractivity contribution in [3.63, 3.8) is 0 Å². The molecule has 42 heteroatoms. The molecular weight excluding hydrogens is 1790 g/mol. The Kier molecular flexibility index (Phi) is 46.0. The van der Waals surface area contributed by atoms with Crippen LogP contribution in [0.1, 0.15) is 204 Å². The van der Waals surface area contributed by atoms with Gasteiger partial charge in [-0.05, 0) is 186 Å². The summed E-state index contributed by atoms with van der Waals surface area (Å²) in [6.07, 6.45) is -3.43. The number of fused-ring (bicyclic) bond motifs is 1. The van der Waals surface area contributed by atoms with Crippen LogP contribution < -0.4 is 96.8 Å². The summed E-state index contributed by atoms with van der Waals surface area (Å²) in [5.74, 6) is -10.3. The van der Waals surface area contributed by atoms with Gasteiger partial charge in [-0.1, -0.05) is 100 Å². The van der Waals surface area contributed by atoms with Crippen molar-refractivity contribution < 1.29 is 111 Å². The van der Waals surface area contributed by atoms with E-state index in [0.717, 1.165) is 0 Å². The lowest BCUT2D eigenvalue weighted by molar-refractivity contribution is -0.140. The molecule has 0 fully saturated rings. The number of carboxylic acids is 1. The molecule has 1 aliphatic heterocycles. The number of hydrogen-bond donors (Lipinski definition) is 22. The number of aromatic hydroxyl groups is 1. The molecule has 42 nitrogen and oxygen atoms in total. The highest BCUT2D eigenvalue weighted by Crippen LogP contribution is 2.25. The van der Waals surface area contributed by atoms with Crippen molar-refractivity contribution in [1.29, 1.82) is 0 Å². The third kappa shape index (κ3) is 37.7. The number of ketones is 4. The SMILES string of the molecule is CC(=O)N[C@@H](CC(C)C)C(=O)N[C@H](C(=O)N[C@@H](Cc1ccccc1)C(=O)N[C@]1(C)CCCCC#CC#CCCC[C@@](C)(C(=O)NC(C)C(=O)N[C@@H](C)C(=O)NC(C)C(=O)N[C@@H](C)C(=O)C(=O)[C@H](C)NN[C@H](C)C(N)=O)NC(=O)[C@H](CC(C)C)CN[C@@H](CCC(N)=O)C(=O)C(=O)[C@H](C)NC(=O)[C@H](Cc2c[nH]c3ccccc23)NC(=O)C(Cc2ccc(O)cc2)NC(=O)[C@H](CCC(=O)O)NC1=O)[C@@H](C)O. The molecule has 0 saturated heterocycles. The second-order valence-electron chi connectivity index (χ2n) is 36.2. The largest absolute Gasteiger partial charge is 0.508 e. The van der Waals surface area contributed by atoms with Crippen LogP contribution in [0.25, 0.3) is 10.9 Å². The van der Waals surface area contributed by atoms with E-state index in [9.17, 15) is 82.4 Å². The third-order valence-corrected chi connectivity index (χ3v) is 22.9. The number of benzene rings is 3. The number of para-hydroxylation sites is 1. The van der Waals surface area contributed by atoms with E-state index in [0.29, 0.717) is 27.6 Å². The Hall–Kier alpha value is -13.8. The number of phenols is 1. The Morgan fingerprint density at radius 2 is 1.07 bits per heavy atom. The maximum atomic E-state index is 15.5. The van der Waals surface area contributed by atoms with E-state index < -0.39 is 264 Å². The smallest absolute Gasteiger partial charge is 0.303 e. The standard InChI is InChI=1S/C96H135N19O23/c1-51(2)44-65-50-100-69(38-40-75(97)119)81(125)79(123)54(6)102-88(132)74(48-64-49-99-68-33-27-26-32-67(64)68)108-89(133)72(47-63-34-36-66(118)37-35-63)107-87(131)70(39-41-76(120)121)110-94(138)96(15,113-91(135)73(46-62-30-24-23-25-31-62)109-92(136)77(60(12)116)111-90(134)71(45-52(3)4)106-61(13)117)43-29-22-20-18-16-17-19-21-28-42-95(14,112-86(65)130)93(137)105-59(11)85(129)104-58(10)84(128)103-57(9)83(127)101-53(5)78(122)80(124)55(7)114-115-56(8)82(98)126/h23-27,30-37,49,51-60,65,69-74,77,99-100,114-116,118H,20-22,28-29,38-48,50H2,1-15H3,(H2,97,119)(H2,98,126)(H,101,127)(H,102,132)(H,103,128)(H,104,129)(H,105,137)(H,106,117)(H,107,131)(H,108,133)(H,109,136)(H,110,138)(H,111,134)(H,112,130)(H,113,135)(H,120,121)/t53-,54-,55-,56+,57?,58-,59?,60+,65+,69-,70-,71-,72?,73-,74-,77-,95-,96+/m0/s1. The van der Waals surface area contributed by atoms with E-state index in [1.54, 1.807) is 88.5 Å². The van der Waals surface area contributed by atoms with Gasteiger partial charge in [-0.2, -0.15) is 0 Å². The van der Waals surface area contributed by atoms with Crippen LogP contribution in [0.3, 0.4) is 0 Å². The van der Waals surface area contributed by atoms with Gasteiger partial charge in [0.1, 0.15) is 71.2 Å². The van der Waals surface area contributed by atoms with Crippen LogP contribution in [0.4, 0.5) is 0 Å². The summed E-state index contributed by atoms with van der Waals surface area (Å²) in [7, 11) is 0. The molecule has 0 spiro atoms. The van der Waals surface area contributed by atoms with Crippen molar-refractivity contribution in [1.82, 2.24) is 90.3 Å². The highest BCUT2D eigenvalue weighted by Gasteiger charge is 2.44. The van der Waals surface area contributed by atoms with Crippen molar-refractivity contribution in [2.75, 3.05) is 6.54 Å². The average Bonchev–Trinajstić information content (AvgIpc) is 1.72. The molecule has 138 heavy (non-hydrogen) atoms. The van der Waals surface area contributed by atoms with Crippen LogP contribution in [-0.4, -0.2) is 246 Å². The van der Waals surface area contributed by atoms with Gasteiger partial charge in [-0.25, -0.2) is 10.9 Å². The number of hydrogen-bond acceptors (Lipinski definition) is 25. The minimum atomic E-state index is -2.15. The number of Topliss-reactive ketones (excluding diaryl/α,β-unsaturated/α-hetero) is 4. The molecule has 0 aliphatic carbocycles. The number of aromatic amines is 1. The second-order valence-corrected chi connectivity index (χ2v) is 36.2. The summed E-state index contributed by atoms with van der Waals surface area (Å²) < 4.78 is 0. The highest BCUT2D eigenvalue weighted by atomic mass is 16.4. The van der Waals surface area contributed by atoms with Gasteiger partial charge in [-0.15, -0.1) is 0 Å². The van der Waals surface area contributed by atoms with Crippen molar-refractivity contribution >= 4 is 129 Å². The molecule has 5 rings (SSSR count). The molecule has 0 saturated carbocycles. The summed E-state index contributed by atoms with van der Waals surface area (Å²) in [5.41, 5.74) is 13.6. The molecule has 0 radical (unpaired) electrons. The topological polar surface area (TPSA) is 662 Å². The number of carboxylic acid groups (broad SMARTS) is 1. The number of phenolic OH excluding ortho intramolecular Hbond substituents is 1. The summed E-state index contributed by atoms with van der Waals surface area (Å²) in [6.45, 7) is 20.7. The number of aromatic nitrogens is 1. The summed E-state index contributed by atoms with van der Waals surface area (Å²) >= 11 is 0. The van der Waals surface area contributed by atoms with E-state index in [4.69, 9.17) is 11.5 Å². The predicted molar refractivity (Wildman–Crippen MR) is 506 cm³/mol. The van der Waals surface area contributed by atoms with Gasteiger partial charge in [0.2, 0.25) is 112 Å². The molecule has 2 heterocycles. The first-order chi connectivity index (χ1) is 64.8. The fourth-order valence-electron chi connectivity index (χ4n) is 14.7. The first kappa shape index (κ1) is 115. The molecule has 3 aromatic carbocycles. The number of nitrogens with one attached hydrogen (secondary N) is 17. The number of amides is 15. The first-order valence-electron chi connectivity index (χ1n) is 46.0. The van der Waals surface area contributed by atoms with Crippen molar-refractivity contribution in [2.45, 2.75) is 308 Å². The number of hydrazine groups is 1. The molecule has 3 unspecified atom stereocenters. The average molecular weight is 1920 g/mol. The quantitative estimate of drug-likeness (QED) is 0.0140. The van der Waals surface area contributed by atoms with E-state index in [2.05, 4.69) is 114 Å². The lowest BCUT2D eigenvalue weighted by Crippen LogP contribution is -2.65. The fraction of sp³-hybridized carbons (Fsp3) is 0.542. The van der Waals surface area contributed by atoms with E-state index >= 15 is 28.8 Å². The molecule has 18 atom stereocenters. The minimum absolute atomic E-state index is 0.0214. The lowest BCUT2D eigenvalue weighted by atomic mass is 9.89. The van der Waals surface area contributed by atoms with Crippen molar-refractivity contribution in [3.05, 3.63) is 102 Å². The molecular formula is C96H135N19O23. The normalized spacial score (nSPS) is 21.4. The van der Waals surface area contributed by atoms with Crippen molar-refractivity contribution in [3.8, 4) is 29.4 Å². The van der Waals surface area contributed by atoms with Crippen molar-refractivity contribution in [2.24, 2.45) is 29.2 Å². The summed E-state index contributed by atoms with van der Waals surface area (Å²) in [6, 6.07) is -0.370. The zero-order valence-electron chi connectivity index (χ0n) is 80.7. The Balaban J connectivity index is 1.61. The van der Waals surface area contributed by atoms with Gasteiger partial charge in [-0.3, -0.25) is 95.9 Å². The Bertz CT molecular complexity index is 5160. The lowest BCUT2D eigenvalue weighted by Gasteiger charge is -2.34. The molecule has 1 aliphatic rings. The molecule has 15 amide bonds. The molecule has 752 valence electrons. The summed E-state index contributed by atoms with van der Waals surface area (Å²) in [4.78, 5) is 283. The second kappa shape index (κ2) is 55.4. The van der Waals surface area contributed by atoms with Gasteiger partial charge in [0.25, 0.3) is 0 Å². The van der Waals surface area contributed by atoms with Crippen LogP contribution in [0.2, 0.25) is 0 Å². The van der Waals surface area contributed by atoms with E-state index in [-0.39, 0.29) is 88.2 Å². The van der Waals surface area contributed by atoms with Crippen LogP contribution >= 0.6 is 0 Å². The Morgan fingerprint density at radius 1 is 0.522 bits per heavy atom. The monoisotopic (exact) mass is 1920 g/mol. The third-order valence-electron chi connectivity index (χ3n) is 22.9. The molecule has 4 aromatic rings. The zero-order chi connectivity index (χ0) is 103. The number of aliphatic hydroxyl groups excluding tert-OH is 1. The maximum absolute atomic E-state index is 15.5. The Labute approximate surface area is 801 Å². The van der Waals surface area contributed by atoms with Gasteiger partial charge in [0, 0.05) is 75.5 Å². The molecule has 24 N–H and O–H groups in total. The number of aliphatic hydroxyl groups is 1. The first-order valence-corrected chi connectivity index (χ1v) is 46.0. The number of carbonyl (C=O) groups excluding carboxylic acids is 19. The fourth-order valence-corrected chi connectivity index (χ4v) is 14.7. The van der Waals surface area contributed by atoms with Gasteiger partial charge in [0.15, 0.2) is 0 Å². The van der Waals surface area contributed by atoms with Crippen LogP contribution in [0.15, 0.2) is 85.1 Å². The zero-order valence-corrected chi connectivity index (χ0v) is 80.7. The number of primary amides is 2. The van der Waals surface area contributed by atoms with E-state index in [1.165, 1.54) is 100 Å². The summed E-state index contributed by atoms with van der Waals surface area (Å²) in [5, 5.41) is 68.7. The number of nitrogens with two attached hydrogens (primary N) is 2. The maximum Gasteiger partial charge on any atom is 0.303 e. The van der Waals surface area contributed by atoms with Gasteiger partial charge >= 0.3 is 5.97 Å².